The summed E-state index contributed by atoms with van der Waals surface area (Å²) in [7, 11) is 0. The lowest BCUT2D eigenvalue weighted by molar-refractivity contribution is -0.0437. The predicted molar refractivity (Wildman–Crippen MR) is 160 cm³/mol. The van der Waals surface area contributed by atoms with Gasteiger partial charge in [0.2, 0.25) is 0 Å². The molecule has 3 aromatic rings. The van der Waals surface area contributed by atoms with Crippen molar-refractivity contribution in [3.05, 3.63) is 88.8 Å². The number of hydrogen-bond donors (Lipinski definition) is 0. The summed E-state index contributed by atoms with van der Waals surface area (Å²) in [6, 6.07) is 13.2. The minimum atomic E-state index is 0.106. The predicted octanol–water partition coefficient (Wildman–Crippen LogP) is 6.46. The van der Waals surface area contributed by atoms with Crippen LogP contribution in [0, 0.1) is 0 Å². The summed E-state index contributed by atoms with van der Waals surface area (Å²) >= 11 is 0. The Bertz CT molecular complexity index is 1030. The highest BCUT2D eigenvalue weighted by molar-refractivity contribution is 5.23. The van der Waals surface area contributed by atoms with E-state index in [1.54, 1.807) is 0 Å². The average molecular weight is 529 g/mol. The summed E-state index contributed by atoms with van der Waals surface area (Å²) in [5.41, 5.74) is 7.42. The maximum Gasteiger partial charge on any atom is 0.0545 e. The lowest BCUT2D eigenvalue weighted by Gasteiger charge is -2.42. The molecular formula is C33H48N6. The highest BCUT2D eigenvalue weighted by Gasteiger charge is 2.25. The van der Waals surface area contributed by atoms with Gasteiger partial charge >= 0.3 is 0 Å². The van der Waals surface area contributed by atoms with Crippen LogP contribution in [0.1, 0.15) is 96.1 Å². The van der Waals surface area contributed by atoms with Crippen molar-refractivity contribution in [3.8, 4) is 0 Å². The second-order valence-electron chi connectivity index (χ2n) is 14.3. The Labute approximate surface area is 236 Å². The lowest BCUT2D eigenvalue weighted by atomic mass is 9.88. The van der Waals surface area contributed by atoms with Crippen LogP contribution >= 0.6 is 0 Å². The van der Waals surface area contributed by atoms with Crippen molar-refractivity contribution in [2.75, 3.05) is 20.0 Å². The van der Waals surface area contributed by atoms with Gasteiger partial charge in [0.15, 0.2) is 0 Å². The van der Waals surface area contributed by atoms with E-state index in [0.29, 0.717) is 0 Å². The molecule has 1 aliphatic heterocycles. The van der Waals surface area contributed by atoms with Crippen LogP contribution in [0.15, 0.2) is 55.0 Å². The van der Waals surface area contributed by atoms with Crippen molar-refractivity contribution in [3.63, 3.8) is 0 Å². The molecule has 0 aromatic carbocycles. The SMILES string of the molecule is CC(C)(C)c1ccc(CN2CN(Cc3ccc(C(C)(C)C)cn3)CN(Cc3ccc(C(C)(C)C)cn3)C2)nc1. The average Bonchev–Trinajstić information content (AvgIpc) is 2.83. The molecule has 0 atom stereocenters. The van der Waals surface area contributed by atoms with Gasteiger partial charge in [0, 0.05) is 38.2 Å². The number of hydrogen-bond acceptors (Lipinski definition) is 6. The zero-order chi connectivity index (χ0) is 28.4. The third-order valence-electron chi connectivity index (χ3n) is 7.43. The molecule has 210 valence electrons. The molecule has 39 heavy (non-hydrogen) atoms. The standard InChI is InChI=1S/C33H48N6/c1-31(2,3)25-10-13-28(34-16-25)19-37-22-38(20-29-14-11-26(17-35-29)32(4,5)6)24-39(23-37)21-30-15-12-27(18-36-30)33(7,8)9/h10-18H,19-24H2,1-9H3. The van der Waals surface area contributed by atoms with Crippen LogP contribution in [-0.2, 0) is 35.9 Å². The molecule has 0 spiro atoms. The van der Waals surface area contributed by atoms with Crippen molar-refractivity contribution in [1.82, 2.24) is 29.7 Å². The summed E-state index contributed by atoms with van der Waals surface area (Å²) < 4.78 is 0. The van der Waals surface area contributed by atoms with Gasteiger partial charge in [0.05, 0.1) is 37.1 Å². The highest BCUT2D eigenvalue weighted by atomic mass is 15.5. The molecule has 4 rings (SSSR count). The molecule has 6 heteroatoms. The zero-order valence-electron chi connectivity index (χ0n) is 25.6. The van der Waals surface area contributed by atoms with Crippen LogP contribution in [-0.4, -0.2) is 49.7 Å². The second-order valence-corrected chi connectivity index (χ2v) is 14.3. The quantitative estimate of drug-likeness (QED) is 0.366. The largest absolute Gasteiger partial charge is 0.272 e. The van der Waals surface area contributed by atoms with Gasteiger partial charge in [0.25, 0.3) is 0 Å². The first kappa shape index (κ1) is 29.3. The summed E-state index contributed by atoms with van der Waals surface area (Å²) in [4.78, 5) is 21.9. The van der Waals surface area contributed by atoms with Gasteiger partial charge in [0.1, 0.15) is 0 Å². The third-order valence-corrected chi connectivity index (χ3v) is 7.43. The van der Waals surface area contributed by atoms with E-state index >= 15 is 0 Å². The van der Waals surface area contributed by atoms with E-state index < -0.39 is 0 Å². The van der Waals surface area contributed by atoms with E-state index in [2.05, 4.69) is 113 Å². The Morgan fingerprint density at radius 3 is 0.897 bits per heavy atom. The molecule has 6 nitrogen and oxygen atoms in total. The van der Waals surface area contributed by atoms with Crippen molar-refractivity contribution in [1.29, 1.82) is 0 Å². The normalized spacial score (nSPS) is 16.5. The Balaban J connectivity index is 1.49. The molecule has 0 N–H and O–H groups in total. The molecular weight excluding hydrogens is 480 g/mol. The van der Waals surface area contributed by atoms with E-state index in [1.807, 2.05) is 18.6 Å². The van der Waals surface area contributed by atoms with E-state index in [9.17, 15) is 0 Å². The first-order chi connectivity index (χ1) is 18.2. The van der Waals surface area contributed by atoms with E-state index in [4.69, 9.17) is 15.0 Å². The van der Waals surface area contributed by atoms with Crippen LogP contribution < -0.4 is 0 Å². The fourth-order valence-electron chi connectivity index (χ4n) is 4.86. The maximum absolute atomic E-state index is 4.82. The van der Waals surface area contributed by atoms with Crippen molar-refractivity contribution in [2.45, 2.75) is 98.2 Å². The minimum Gasteiger partial charge on any atom is -0.272 e. The number of rotatable bonds is 6. The first-order valence-corrected chi connectivity index (χ1v) is 14.2. The van der Waals surface area contributed by atoms with Gasteiger partial charge < -0.3 is 0 Å². The Hall–Kier alpha value is -2.67. The summed E-state index contributed by atoms with van der Waals surface area (Å²) in [6.07, 6.45) is 6.11. The Morgan fingerprint density at radius 1 is 0.462 bits per heavy atom. The molecule has 0 bridgehead atoms. The van der Waals surface area contributed by atoms with E-state index in [-0.39, 0.29) is 16.2 Å². The van der Waals surface area contributed by atoms with E-state index in [1.165, 1.54) is 16.7 Å². The Kier molecular flexibility index (Phi) is 8.60. The Morgan fingerprint density at radius 2 is 0.718 bits per heavy atom. The van der Waals surface area contributed by atoms with Gasteiger partial charge in [-0.3, -0.25) is 29.7 Å². The fraction of sp³-hybridized carbons (Fsp3) is 0.545. The number of nitrogens with zero attached hydrogens (tertiary/aromatic N) is 6. The monoisotopic (exact) mass is 528 g/mol. The first-order valence-electron chi connectivity index (χ1n) is 14.2. The number of pyridine rings is 3. The van der Waals surface area contributed by atoms with Crippen molar-refractivity contribution >= 4 is 0 Å². The molecule has 1 saturated heterocycles. The van der Waals surface area contributed by atoms with Gasteiger partial charge in [-0.25, -0.2) is 0 Å². The van der Waals surface area contributed by atoms with Crippen LogP contribution in [0.25, 0.3) is 0 Å². The van der Waals surface area contributed by atoms with Gasteiger partial charge in [-0.15, -0.1) is 0 Å². The van der Waals surface area contributed by atoms with Crippen LogP contribution in [0.4, 0.5) is 0 Å². The maximum atomic E-state index is 4.82. The minimum absolute atomic E-state index is 0.106. The summed E-state index contributed by atoms with van der Waals surface area (Å²) in [5.74, 6) is 0. The molecule has 0 amide bonds. The van der Waals surface area contributed by atoms with Gasteiger partial charge in [-0.05, 0) is 51.1 Å². The van der Waals surface area contributed by atoms with Crippen LogP contribution in [0.5, 0.6) is 0 Å². The summed E-state index contributed by atoms with van der Waals surface area (Å²) in [6.45, 7) is 25.1. The van der Waals surface area contributed by atoms with Crippen LogP contribution in [0.3, 0.4) is 0 Å². The van der Waals surface area contributed by atoms with E-state index in [0.717, 1.165) is 56.7 Å². The topological polar surface area (TPSA) is 48.4 Å². The molecule has 0 radical (unpaired) electrons. The lowest BCUT2D eigenvalue weighted by Crippen LogP contribution is -2.53. The molecule has 0 unspecified atom stereocenters. The molecule has 4 heterocycles. The molecule has 3 aromatic heterocycles. The zero-order valence-corrected chi connectivity index (χ0v) is 25.6. The molecule has 1 aliphatic rings. The van der Waals surface area contributed by atoms with Crippen LogP contribution in [0.2, 0.25) is 0 Å². The smallest absolute Gasteiger partial charge is 0.0545 e. The van der Waals surface area contributed by atoms with Gasteiger partial charge in [-0.1, -0.05) is 80.5 Å². The summed E-state index contributed by atoms with van der Waals surface area (Å²) in [5, 5.41) is 0. The van der Waals surface area contributed by atoms with Gasteiger partial charge in [-0.2, -0.15) is 0 Å². The highest BCUT2D eigenvalue weighted by Crippen LogP contribution is 2.24. The van der Waals surface area contributed by atoms with Crippen molar-refractivity contribution < 1.29 is 0 Å². The third kappa shape index (κ3) is 8.17. The van der Waals surface area contributed by atoms with Crippen molar-refractivity contribution in [2.24, 2.45) is 0 Å². The molecule has 1 fully saturated rings. The molecule has 0 saturated carbocycles. The second kappa shape index (κ2) is 11.4. The fourth-order valence-corrected chi connectivity index (χ4v) is 4.86. The number of aromatic nitrogens is 3. The molecule has 0 aliphatic carbocycles.